The third-order valence-corrected chi connectivity index (χ3v) is 4.41. The van der Waals surface area contributed by atoms with Gasteiger partial charge in [-0.1, -0.05) is 22.0 Å². The van der Waals surface area contributed by atoms with E-state index in [2.05, 4.69) is 43.6 Å². The molecule has 1 heterocycles. The van der Waals surface area contributed by atoms with E-state index in [1.165, 1.54) is 0 Å². The molecule has 0 bridgehead atoms. The zero-order valence-corrected chi connectivity index (χ0v) is 13.7. The first-order valence-electron chi connectivity index (χ1n) is 6.40. The van der Waals surface area contributed by atoms with Gasteiger partial charge in [0, 0.05) is 11.6 Å². The average molecular weight is 327 g/mol. The van der Waals surface area contributed by atoms with Crippen LogP contribution in [0.4, 0.5) is 0 Å². The zero-order chi connectivity index (χ0) is 14.3. The van der Waals surface area contributed by atoms with Crippen molar-refractivity contribution in [3.63, 3.8) is 0 Å². The quantitative estimate of drug-likeness (QED) is 0.799. The third kappa shape index (κ3) is 2.89. The Hall–Kier alpha value is -0.355. The van der Waals surface area contributed by atoms with E-state index in [9.17, 15) is 0 Å². The molecule has 0 unspecified atom stereocenters. The fraction of sp³-hybridized carbons (Fsp3) is 0.571. The average Bonchev–Trinajstić information content (AvgIpc) is 2.51. The Morgan fingerprint density at radius 1 is 1.16 bits per heavy atom. The maximum Gasteiger partial charge on any atom is 0.495 e. The largest absolute Gasteiger partial charge is 0.495 e. The van der Waals surface area contributed by atoms with Gasteiger partial charge >= 0.3 is 7.12 Å². The van der Waals surface area contributed by atoms with E-state index >= 15 is 0 Å². The van der Waals surface area contributed by atoms with Gasteiger partial charge in [-0.15, -0.1) is 0 Å². The molecule has 1 aromatic carbocycles. The summed E-state index contributed by atoms with van der Waals surface area (Å²) in [5.41, 5.74) is 1.45. The molecule has 19 heavy (non-hydrogen) atoms. The van der Waals surface area contributed by atoms with Crippen molar-refractivity contribution in [2.75, 3.05) is 7.11 Å². The molecule has 1 saturated heterocycles. The van der Waals surface area contributed by atoms with Gasteiger partial charge in [-0.25, -0.2) is 0 Å². The second-order valence-electron chi connectivity index (χ2n) is 5.86. The maximum absolute atomic E-state index is 6.09. The molecule has 0 atom stereocenters. The van der Waals surface area contributed by atoms with Crippen LogP contribution in [0.5, 0.6) is 0 Å². The lowest BCUT2D eigenvalue weighted by Gasteiger charge is -2.32. The van der Waals surface area contributed by atoms with Crippen LogP contribution >= 0.6 is 15.9 Å². The van der Waals surface area contributed by atoms with Crippen LogP contribution in [-0.4, -0.2) is 25.4 Å². The van der Waals surface area contributed by atoms with Crippen LogP contribution in [0, 0.1) is 0 Å². The molecule has 1 aliphatic heterocycles. The lowest BCUT2D eigenvalue weighted by molar-refractivity contribution is 0.00578. The Labute approximate surface area is 123 Å². The molecular weight excluding hydrogens is 307 g/mol. The predicted octanol–water partition coefficient (Wildman–Crippen LogP) is 2.89. The van der Waals surface area contributed by atoms with Gasteiger partial charge in [0.25, 0.3) is 0 Å². The van der Waals surface area contributed by atoms with Gasteiger partial charge in [0.15, 0.2) is 0 Å². The van der Waals surface area contributed by atoms with Crippen LogP contribution in [0.2, 0.25) is 0 Å². The number of methoxy groups -OCH3 is 1. The van der Waals surface area contributed by atoms with Gasteiger partial charge < -0.3 is 14.0 Å². The fourth-order valence-electron chi connectivity index (χ4n) is 2.04. The summed E-state index contributed by atoms with van der Waals surface area (Å²) >= 11 is 3.50. The van der Waals surface area contributed by atoms with E-state index in [4.69, 9.17) is 14.0 Å². The van der Waals surface area contributed by atoms with Gasteiger partial charge in [-0.2, -0.15) is 0 Å². The molecule has 1 aromatic rings. The Morgan fingerprint density at radius 3 is 2.26 bits per heavy atom. The normalized spacial score (nSPS) is 20.8. The molecule has 5 heteroatoms. The van der Waals surface area contributed by atoms with Crippen LogP contribution in [-0.2, 0) is 20.7 Å². The molecule has 0 saturated carbocycles. The lowest BCUT2D eigenvalue weighted by atomic mass is 9.76. The smallest absolute Gasteiger partial charge is 0.399 e. The van der Waals surface area contributed by atoms with Crippen LogP contribution in [0.1, 0.15) is 33.3 Å². The predicted molar refractivity (Wildman–Crippen MR) is 80.6 cm³/mol. The molecule has 0 aliphatic carbocycles. The van der Waals surface area contributed by atoms with Crippen molar-refractivity contribution in [3.05, 3.63) is 28.2 Å². The Balaban J connectivity index is 2.35. The molecule has 2 rings (SSSR count). The van der Waals surface area contributed by atoms with E-state index in [-0.39, 0.29) is 18.3 Å². The molecule has 104 valence electrons. The van der Waals surface area contributed by atoms with Crippen molar-refractivity contribution in [1.29, 1.82) is 0 Å². The van der Waals surface area contributed by atoms with Crippen LogP contribution < -0.4 is 5.46 Å². The van der Waals surface area contributed by atoms with Gasteiger partial charge in [0.2, 0.25) is 0 Å². The van der Waals surface area contributed by atoms with E-state index < -0.39 is 0 Å². The van der Waals surface area contributed by atoms with Crippen LogP contribution in [0.3, 0.4) is 0 Å². The van der Waals surface area contributed by atoms with E-state index in [1.54, 1.807) is 7.11 Å². The fourth-order valence-corrected chi connectivity index (χ4v) is 2.42. The van der Waals surface area contributed by atoms with Crippen molar-refractivity contribution in [2.45, 2.75) is 45.5 Å². The number of ether oxygens (including phenoxy) is 1. The van der Waals surface area contributed by atoms with E-state index in [1.807, 2.05) is 18.2 Å². The number of benzene rings is 1. The molecule has 0 N–H and O–H groups in total. The maximum atomic E-state index is 6.09. The second kappa shape index (κ2) is 5.21. The first-order valence-corrected chi connectivity index (χ1v) is 7.19. The molecule has 0 spiro atoms. The minimum atomic E-state index is -0.354. The second-order valence-corrected chi connectivity index (χ2v) is 6.78. The minimum absolute atomic E-state index is 0.329. The van der Waals surface area contributed by atoms with Gasteiger partial charge in [-0.3, -0.25) is 0 Å². The Morgan fingerprint density at radius 2 is 1.74 bits per heavy atom. The first kappa shape index (κ1) is 15.0. The molecule has 1 fully saturated rings. The molecule has 0 aromatic heterocycles. The van der Waals surface area contributed by atoms with Crippen molar-refractivity contribution >= 4 is 28.5 Å². The number of hydrogen-bond donors (Lipinski definition) is 0. The molecule has 1 aliphatic rings. The van der Waals surface area contributed by atoms with Gasteiger partial charge in [0.1, 0.15) is 0 Å². The number of rotatable bonds is 3. The number of halogens is 1. The lowest BCUT2D eigenvalue weighted by Crippen LogP contribution is -2.41. The highest BCUT2D eigenvalue weighted by Crippen LogP contribution is 2.36. The summed E-state index contributed by atoms with van der Waals surface area (Å²) < 4.78 is 18.4. The summed E-state index contributed by atoms with van der Waals surface area (Å²) in [4.78, 5) is 0. The summed E-state index contributed by atoms with van der Waals surface area (Å²) in [6, 6.07) is 6.08. The van der Waals surface area contributed by atoms with Crippen molar-refractivity contribution in [3.8, 4) is 0 Å². The topological polar surface area (TPSA) is 27.7 Å². The first-order chi connectivity index (χ1) is 8.77. The Bertz CT molecular complexity index is 458. The highest BCUT2D eigenvalue weighted by molar-refractivity contribution is 9.10. The van der Waals surface area contributed by atoms with Crippen molar-refractivity contribution in [1.82, 2.24) is 0 Å². The number of hydrogen-bond acceptors (Lipinski definition) is 3. The highest BCUT2D eigenvalue weighted by Gasteiger charge is 2.52. The monoisotopic (exact) mass is 326 g/mol. The van der Waals surface area contributed by atoms with Crippen LogP contribution in [0.15, 0.2) is 22.7 Å². The molecule has 0 radical (unpaired) electrons. The molecule has 0 amide bonds. The van der Waals surface area contributed by atoms with Crippen LogP contribution in [0.25, 0.3) is 0 Å². The van der Waals surface area contributed by atoms with E-state index in [0.717, 1.165) is 15.5 Å². The summed E-state index contributed by atoms with van der Waals surface area (Å²) in [6.07, 6.45) is 0. The highest BCUT2D eigenvalue weighted by atomic mass is 79.9. The summed E-state index contributed by atoms with van der Waals surface area (Å²) in [5, 5.41) is 0. The zero-order valence-electron chi connectivity index (χ0n) is 12.1. The van der Waals surface area contributed by atoms with E-state index in [0.29, 0.717) is 6.61 Å². The third-order valence-electron chi connectivity index (χ3n) is 3.91. The van der Waals surface area contributed by atoms with Gasteiger partial charge in [-0.05, 0) is 50.9 Å². The summed E-state index contributed by atoms with van der Waals surface area (Å²) in [6.45, 7) is 8.77. The summed E-state index contributed by atoms with van der Waals surface area (Å²) in [5.74, 6) is 0. The standard InChI is InChI=1S/C14H20BBrO3/c1-13(2)14(3,4)19-15(18-13)12-8-11(16)7-6-10(12)9-17-5/h6-8H,9H2,1-5H3. The Kier molecular flexibility index (Phi) is 4.12. The van der Waals surface area contributed by atoms with Crippen molar-refractivity contribution < 1.29 is 14.0 Å². The van der Waals surface area contributed by atoms with Gasteiger partial charge in [0.05, 0.1) is 17.8 Å². The molecule has 3 nitrogen and oxygen atoms in total. The molecular formula is C14H20BBrO3. The SMILES string of the molecule is COCc1ccc(Br)cc1B1OC(C)(C)C(C)(C)O1. The summed E-state index contributed by atoms with van der Waals surface area (Å²) in [7, 11) is 1.34. The minimum Gasteiger partial charge on any atom is -0.399 e. The van der Waals surface area contributed by atoms with Crippen molar-refractivity contribution in [2.24, 2.45) is 0 Å².